The van der Waals surface area contributed by atoms with Gasteiger partial charge in [-0.15, -0.1) is 0 Å². The van der Waals surface area contributed by atoms with Gasteiger partial charge >= 0.3 is 0 Å². The monoisotopic (exact) mass is 475 g/mol. The van der Waals surface area contributed by atoms with Crippen molar-refractivity contribution in [3.05, 3.63) is 77.0 Å². The van der Waals surface area contributed by atoms with E-state index >= 15 is 0 Å². The number of benzene rings is 2. The number of rotatable bonds is 4. The summed E-state index contributed by atoms with van der Waals surface area (Å²) in [7, 11) is -8.23. The molecule has 0 atom stereocenters. The van der Waals surface area contributed by atoms with E-state index in [9.17, 15) is 16.8 Å². The van der Waals surface area contributed by atoms with Gasteiger partial charge in [0, 0.05) is 11.4 Å². The van der Waals surface area contributed by atoms with Gasteiger partial charge in [0.15, 0.2) is 0 Å². The van der Waals surface area contributed by atoms with Gasteiger partial charge in [-0.2, -0.15) is 22.1 Å². The van der Waals surface area contributed by atoms with Gasteiger partial charge in [-0.05, 0) is 68.8 Å². The lowest BCUT2D eigenvalue weighted by Gasteiger charge is -2.10. The maximum atomic E-state index is 11.0. The summed E-state index contributed by atoms with van der Waals surface area (Å²) in [4.78, 5) is 4.05. The number of aromatic nitrogens is 1. The van der Waals surface area contributed by atoms with Gasteiger partial charge in [-0.1, -0.05) is 17.7 Å². The van der Waals surface area contributed by atoms with Crippen LogP contribution in [-0.2, 0) is 20.2 Å². The number of aryl methyl sites for hydroxylation is 3. The molecule has 0 radical (unpaired) electrons. The predicted molar refractivity (Wildman–Crippen MR) is 119 cm³/mol. The molecule has 0 bridgehead atoms. The van der Waals surface area contributed by atoms with E-state index < -0.39 is 20.2 Å². The molecule has 0 aliphatic rings. The number of nitrogens with one attached hydrogen (secondary N) is 1. The van der Waals surface area contributed by atoms with Crippen molar-refractivity contribution in [3.8, 4) is 6.07 Å². The fourth-order valence-electron chi connectivity index (χ4n) is 2.44. The summed E-state index contributed by atoms with van der Waals surface area (Å²) in [6.07, 6.45) is 0. The Balaban J connectivity index is 0.000000278. The van der Waals surface area contributed by atoms with Crippen LogP contribution in [0.5, 0.6) is 0 Å². The molecule has 0 saturated heterocycles. The van der Waals surface area contributed by atoms with Gasteiger partial charge in [-0.3, -0.25) is 9.11 Å². The summed E-state index contributed by atoms with van der Waals surface area (Å²) in [6, 6.07) is 15.3. The first-order valence-corrected chi connectivity index (χ1v) is 12.0. The van der Waals surface area contributed by atoms with Gasteiger partial charge in [0.2, 0.25) is 0 Å². The van der Waals surface area contributed by atoms with Crippen molar-refractivity contribution in [2.24, 2.45) is 0 Å². The average Bonchev–Trinajstić information content (AvgIpc) is 2.70. The number of anilines is 2. The molecule has 1 aromatic heterocycles. The maximum absolute atomic E-state index is 11.0. The lowest BCUT2D eigenvalue weighted by Crippen LogP contribution is -2.01. The van der Waals surface area contributed by atoms with Crippen LogP contribution in [0.3, 0.4) is 0 Å². The van der Waals surface area contributed by atoms with Crippen molar-refractivity contribution in [2.75, 3.05) is 5.32 Å². The Morgan fingerprint density at radius 2 is 1.31 bits per heavy atom. The Hall–Kier alpha value is -3.30. The standard InChI is InChI=1S/C14H13N3O3S.C7H8O3S/c1-9-7-11(8-15)14(16-10(9)2)17-12-3-5-13(6-4-12)21(18,19)20;1-6-2-4-7(5-3-6)11(8,9)10/h3-7H,1-2H3,(H,16,17)(H,18,19,20);2-5H,1H3,(H,8,9,10). The molecular weight excluding hydrogens is 454 g/mol. The molecule has 0 fully saturated rings. The summed E-state index contributed by atoms with van der Waals surface area (Å²) in [5, 5.41) is 12.1. The molecule has 0 amide bonds. The van der Waals surface area contributed by atoms with Crippen LogP contribution in [0.4, 0.5) is 11.5 Å². The van der Waals surface area contributed by atoms with E-state index in [1.807, 2.05) is 20.8 Å². The molecule has 1 heterocycles. The lowest BCUT2D eigenvalue weighted by atomic mass is 10.1. The molecule has 0 spiro atoms. The van der Waals surface area contributed by atoms with Crippen LogP contribution in [-0.4, -0.2) is 30.9 Å². The molecule has 3 rings (SSSR count). The topological polar surface area (TPSA) is 157 Å². The second-order valence-electron chi connectivity index (χ2n) is 6.81. The van der Waals surface area contributed by atoms with Gasteiger partial charge in [-0.25, -0.2) is 4.98 Å². The van der Waals surface area contributed by atoms with Gasteiger partial charge in [0.1, 0.15) is 11.9 Å². The molecule has 0 saturated carbocycles. The van der Waals surface area contributed by atoms with E-state index in [1.165, 1.54) is 36.4 Å². The zero-order chi connectivity index (χ0) is 24.1. The number of hydrogen-bond acceptors (Lipinski definition) is 7. The molecule has 3 N–H and O–H groups in total. The highest BCUT2D eigenvalue weighted by Gasteiger charge is 2.11. The highest BCUT2D eigenvalue weighted by molar-refractivity contribution is 7.86. The van der Waals surface area contributed by atoms with Crippen LogP contribution in [0.15, 0.2) is 64.4 Å². The van der Waals surface area contributed by atoms with Gasteiger partial charge < -0.3 is 5.32 Å². The predicted octanol–water partition coefficient (Wildman–Crippen LogP) is 3.80. The van der Waals surface area contributed by atoms with Crippen molar-refractivity contribution in [3.63, 3.8) is 0 Å². The van der Waals surface area contributed by atoms with Gasteiger partial charge in [0.05, 0.1) is 15.4 Å². The first-order chi connectivity index (χ1) is 14.8. The number of nitrogens with zero attached hydrogens (tertiary/aromatic N) is 2. The van der Waals surface area contributed by atoms with Crippen LogP contribution >= 0.6 is 0 Å². The first-order valence-electron chi connectivity index (χ1n) is 9.08. The minimum atomic E-state index is -4.21. The van der Waals surface area contributed by atoms with Crippen LogP contribution in [0.2, 0.25) is 0 Å². The Bertz CT molecular complexity index is 1360. The van der Waals surface area contributed by atoms with Gasteiger partial charge in [0.25, 0.3) is 20.2 Å². The third kappa shape index (κ3) is 6.86. The second-order valence-corrected chi connectivity index (χ2v) is 9.65. The van der Waals surface area contributed by atoms with E-state index in [1.54, 1.807) is 18.2 Å². The van der Waals surface area contributed by atoms with Crippen LogP contribution in [0.25, 0.3) is 0 Å². The van der Waals surface area contributed by atoms with E-state index in [0.29, 0.717) is 17.1 Å². The summed E-state index contributed by atoms with van der Waals surface area (Å²) >= 11 is 0. The van der Waals surface area contributed by atoms with E-state index in [0.717, 1.165) is 16.8 Å². The summed E-state index contributed by atoms with van der Waals surface area (Å²) in [6.45, 7) is 5.55. The molecular formula is C21H21N3O6S2. The lowest BCUT2D eigenvalue weighted by molar-refractivity contribution is 0.481. The zero-order valence-corrected chi connectivity index (χ0v) is 19.1. The van der Waals surface area contributed by atoms with Crippen LogP contribution < -0.4 is 5.32 Å². The van der Waals surface area contributed by atoms with Crippen molar-refractivity contribution >= 4 is 31.7 Å². The molecule has 11 heteroatoms. The van der Waals surface area contributed by atoms with E-state index in [4.69, 9.17) is 14.4 Å². The normalized spacial score (nSPS) is 11.1. The summed E-state index contributed by atoms with van der Waals surface area (Å²) < 4.78 is 60.4. The molecule has 3 aromatic rings. The zero-order valence-electron chi connectivity index (χ0n) is 17.4. The Morgan fingerprint density at radius 1 is 0.844 bits per heavy atom. The molecule has 0 aliphatic heterocycles. The molecule has 168 valence electrons. The van der Waals surface area contributed by atoms with Crippen molar-refractivity contribution in [1.82, 2.24) is 4.98 Å². The third-order valence-electron chi connectivity index (χ3n) is 4.32. The molecule has 2 aromatic carbocycles. The van der Waals surface area contributed by atoms with Crippen LogP contribution in [0, 0.1) is 32.1 Å². The Labute approximate surface area is 186 Å². The maximum Gasteiger partial charge on any atom is 0.294 e. The second kappa shape index (κ2) is 9.88. The molecule has 32 heavy (non-hydrogen) atoms. The van der Waals surface area contributed by atoms with Crippen molar-refractivity contribution in [2.45, 2.75) is 30.6 Å². The quantitative estimate of drug-likeness (QED) is 0.477. The Morgan fingerprint density at radius 3 is 1.75 bits per heavy atom. The van der Waals surface area contributed by atoms with Crippen molar-refractivity contribution < 1.29 is 25.9 Å². The fraction of sp³-hybridized carbons (Fsp3) is 0.143. The van der Waals surface area contributed by atoms with Crippen LogP contribution in [0.1, 0.15) is 22.4 Å². The smallest absolute Gasteiger partial charge is 0.294 e. The summed E-state index contributed by atoms with van der Waals surface area (Å²) in [5.41, 5.74) is 3.63. The molecule has 0 aliphatic carbocycles. The number of nitriles is 1. The van der Waals surface area contributed by atoms with E-state index in [2.05, 4.69) is 16.4 Å². The highest BCUT2D eigenvalue weighted by Crippen LogP contribution is 2.22. The fourth-order valence-corrected chi connectivity index (χ4v) is 3.40. The summed E-state index contributed by atoms with van der Waals surface area (Å²) in [5.74, 6) is 0.403. The first kappa shape index (κ1) is 25.0. The highest BCUT2D eigenvalue weighted by atomic mass is 32.2. The number of hydrogen-bond donors (Lipinski definition) is 3. The number of pyridine rings is 1. The SMILES string of the molecule is Cc1cc(C#N)c(Nc2ccc(S(=O)(=O)O)cc2)nc1C.Cc1ccc(S(=O)(=O)O)cc1. The molecule has 0 unspecified atom stereocenters. The Kier molecular flexibility index (Phi) is 7.71. The third-order valence-corrected chi connectivity index (χ3v) is 6.06. The minimum Gasteiger partial charge on any atom is -0.339 e. The minimum absolute atomic E-state index is 0.0666. The van der Waals surface area contributed by atoms with E-state index in [-0.39, 0.29) is 9.79 Å². The largest absolute Gasteiger partial charge is 0.339 e. The molecule has 9 nitrogen and oxygen atoms in total. The average molecular weight is 476 g/mol. The van der Waals surface area contributed by atoms with Crippen molar-refractivity contribution in [1.29, 1.82) is 5.26 Å².